The highest BCUT2D eigenvalue weighted by Crippen LogP contribution is 2.40. The van der Waals surface area contributed by atoms with Gasteiger partial charge in [0.15, 0.2) is 0 Å². The average Bonchev–Trinajstić information content (AvgIpc) is 3.38. The molecule has 1 fully saturated rings. The van der Waals surface area contributed by atoms with Crippen LogP contribution in [0.15, 0.2) is 58.9 Å². The summed E-state index contributed by atoms with van der Waals surface area (Å²) in [5.41, 5.74) is 0.470. The fourth-order valence-electron chi connectivity index (χ4n) is 3.45. The first kappa shape index (κ1) is 20.3. The van der Waals surface area contributed by atoms with Gasteiger partial charge in [-0.25, -0.2) is 8.42 Å². The average molecular weight is 448 g/mol. The smallest absolute Gasteiger partial charge is 0.245 e. The van der Waals surface area contributed by atoms with Crippen molar-refractivity contribution in [2.45, 2.75) is 17.2 Å². The number of benzene rings is 1. The minimum Gasteiger partial charge on any atom is -0.324 e. The fourth-order valence-corrected chi connectivity index (χ4v) is 7.26. The highest BCUT2D eigenvalue weighted by atomic mass is 32.2. The predicted octanol–water partition coefficient (Wildman–Crippen LogP) is 3.58. The van der Waals surface area contributed by atoms with Gasteiger partial charge in [0.2, 0.25) is 15.9 Å². The second-order valence-corrected chi connectivity index (χ2v) is 10.5. The Bertz CT molecular complexity index is 1110. The molecule has 29 heavy (non-hydrogen) atoms. The molecule has 0 spiro atoms. The SMILES string of the molecule is CCN(CCN1C(=O)CS[C@H]1c1cccs1)S(=O)(=O)c1cccc2cccnc12. The van der Waals surface area contributed by atoms with Crippen molar-refractivity contribution in [3.63, 3.8) is 0 Å². The molecular formula is C20H21N3O3S3. The largest absolute Gasteiger partial charge is 0.324 e. The Morgan fingerprint density at radius 3 is 2.79 bits per heavy atom. The lowest BCUT2D eigenvalue weighted by atomic mass is 10.2. The molecule has 0 radical (unpaired) electrons. The van der Waals surface area contributed by atoms with E-state index in [2.05, 4.69) is 4.98 Å². The molecule has 9 heteroatoms. The summed E-state index contributed by atoms with van der Waals surface area (Å²) in [7, 11) is -3.73. The van der Waals surface area contributed by atoms with Crippen LogP contribution < -0.4 is 0 Å². The third-order valence-corrected chi connectivity index (χ3v) is 9.23. The normalized spacial score (nSPS) is 17.5. The lowest BCUT2D eigenvalue weighted by Gasteiger charge is -2.27. The van der Waals surface area contributed by atoms with E-state index in [4.69, 9.17) is 0 Å². The number of rotatable bonds is 7. The molecule has 0 unspecified atom stereocenters. The van der Waals surface area contributed by atoms with Gasteiger partial charge in [-0.2, -0.15) is 4.31 Å². The zero-order valence-electron chi connectivity index (χ0n) is 15.9. The van der Waals surface area contributed by atoms with E-state index in [-0.39, 0.29) is 22.7 Å². The summed E-state index contributed by atoms with van der Waals surface area (Å²) >= 11 is 3.21. The number of sulfonamides is 1. The van der Waals surface area contributed by atoms with Crippen LogP contribution in [0, 0.1) is 0 Å². The monoisotopic (exact) mass is 447 g/mol. The molecule has 3 aromatic rings. The summed E-state index contributed by atoms with van der Waals surface area (Å²) in [6.07, 6.45) is 1.60. The summed E-state index contributed by atoms with van der Waals surface area (Å²) in [6, 6.07) is 12.8. The zero-order chi connectivity index (χ0) is 20.4. The number of pyridine rings is 1. The van der Waals surface area contributed by atoms with Crippen molar-refractivity contribution < 1.29 is 13.2 Å². The number of hydrogen-bond acceptors (Lipinski definition) is 6. The molecule has 3 heterocycles. The standard InChI is InChI=1S/C20H21N3O3S3/c1-2-22(11-12-23-18(24)14-28-20(23)16-8-5-13-27-16)29(25,26)17-9-3-6-15-7-4-10-21-19(15)17/h3-10,13,20H,2,11-12,14H2,1H3/t20-/m0/s1. The predicted molar refractivity (Wildman–Crippen MR) is 117 cm³/mol. The van der Waals surface area contributed by atoms with Gasteiger partial charge < -0.3 is 4.90 Å². The highest BCUT2D eigenvalue weighted by molar-refractivity contribution is 8.00. The van der Waals surface area contributed by atoms with Gasteiger partial charge in [-0.05, 0) is 23.6 Å². The quantitative estimate of drug-likeness (QED) is 0.554. The van der Waals surface area contributed by atoms with Crippen LogP contribution in [0.4, 0.5) is 0 Å². The summed E-state index contributed by atoms with van der Waals surface area (Å²) in [5.74, 6) is 0.475. The van der Waals surface area contributed by atoms with E-state index in [1.807, 2.05) is 36.6 Å². The number of para-hydroxylation sites is 1. The van der Waals surface area contributed by atoms with Gasteiger partial charge in [0.25, 0.3) is 0 Å². The fraction of sp³-hybridized carbons (Fsp3) is 0.300. The lowest BCUT2D eigenvalue weighted by Crippen LogP contribution is -2.40. The molecule has 0 aliphatic carbocycles. The molecule has 0 saturated carbocycles. The molecule has 0 N–H and O–H groups in total. The minimum atomic E-state index is -3.73. The Morgan fingerprint density at radius 1 is 1.21 bits per heavy atom. The molecule has 1 saturated heterocycles. The second-order valence-electron chi connectivity index (χ2n) is 6.59. The zero-order valence-corrected chi connectivity index (χ0v) is 18.3. The molecular weight excluding hydrogens is 426 g/mol. The first-order chi connectivity index (χ1) is 14.0. The third kappa shape index (κ3) is 3.92. The molecule has 152 valence electrons. The van der Waals surface area contributed by atoms with Crippen LogP contribution in [0.2, 0.25) is 0 Å². The van der Waals surface area contributed by atoms with E-state index < -0.39 is 10.0 Å². The number of aromatic nitrogens is 1. The van der Waals surface area contributed by atoms with E-state index in [0.29, 0.717) is 24.4 Å². The van der Waals surface area contributed by atoms with E-state index in [1.54, 1.807) is 52.4 Å². The maximum absolute atomic E-state index is 13.4. The van der Waals surface area contributed by atoms with Crippen LogP contribution in [0.1, 0.15) is 17.2 Å². The van der Waals surface area contributed by atoms with Crippen molar-refractivity contribution in [3.05, 3.63) is 58.9 Å². The summed E-state index contributed by atoms with van der Waals surface area (Å²) in [5, 5.41) is 2.74. The molecule has 4 rings (SSSR count). The van der Waals surface area contributed by atoms with Gasteiger partial charge >= 0.3 is 0 Å². The number of nitrogens with zero attached hydrogens (tertiary/aromatic N) is 3. The number of thiophene rings is 1. The Balaban J connectivity index is 1.58. The molecule has 6 nitrogen and oxygen atoms in total. The van der Waals surface area contributed by atoms with E-state index in [1.165, 1.54) is 4.31 Å². The lowest BCUT2D eigenvalue weighted by molar-refractivity contribution is -0.128. The number of hydrogen-bond donors (Lipinski definition) is 0. The number of thioether (sulfide) groups is 1. The van der Waals surface area contributed by atoms with Gasteiger partial charge in [-0.15, -0.1) is 23.1 Å². The van der Waals surface area contributed by atoms with Crippen molar-refractivity contribution in [3.8, 4) is 0 Å². The third-order valence-electron chi connectivity index (χ3n) is 4.91. The molecule has 1 aliphatic heterocycles. The van der Waals surface area contributed by atoms with E-state index in [0.717, 1.165) is 10.3 Å². The highest BCUT2D eigenvalue weighted by Gasteiger charge is 2.34. The van der Waals surface area contributed by atoms with Gasteiger partial charge in [0, 0.05) is 36.1 Å². The molecule has 1 aromatic carbocycles. The Hall–Kier alpha value is -1.94. The number of carbonyl (C=O) groups excluding carboxylic acids is 1. The number of fused-ring (bicyclic) bond motifs is 1. The van der Waals surface area contributed by atoms with Gasteiger partial charge in [0.05, 0.1) is 11.3 Å². The van der Waals surface area contributed by atoms with Gasteiger partial charge in [-0.1, -0.05) is 31.2 Å². The van der Waals surface area contributed by atoms with Crippen LogP contribution in [-0.4, -0.2) is 53.9 Å². The second kappa shape index (κ2) is 8.43. The van der Waals surface area contributed by atoms with Crippen molar-refractivity contribution in [1.82, 2.24) is 14.2 Å². The topological polar surface area (TPSA) is 70.6 Å². The number of likely N-dealkylation sites (N-methyl/N-ethyl adjacent to an activating group) is 1. The maximum atomic E-state index is 13.4. The maximum Gasteiger partial charge on any atom is 0.245 e. The van der Waals surface area contributed by atoms with Crippen molar-refractivity contribution in [1.29, 1.82) is 0 Å². The van der Waals surface area contributed by atoms with Crippen LogP contribution in [0.25, 0.3) is 10.9 Å². The van der Waals surface area contributed by atoms with Crippen molar-refractivity contribution >= 4 is 49.9 Å². The summed E-state index contributed by atoms with van der Waals surface area (Å²) < 4.78 is 28.1. The molecule has 1 aliphatic rings. The van der Waals surface area contributed by atoms with Crippen LogP contribution in [-0.2, 0) is 14.8 Å². The van der Waals surface area contributed by atoms with Gasteiger partial charge in [0.1, 0.15) is 10.3 Å². The summed E-state index contributed by atoms with van der Waals surface area (Å²) in [6.45, 7) is 2.74. The Labute approximate surface area is 178 Å². The van der Waals surface area contributed by atoms with Crippen LogP contribution >= 0.6 is 23.1 Å². The van der Waals surface area contributed by atoms with E-state index in [9.17, 15) is 13.2 Å². The first-order valence-corrected chi connectivity index (χ1v) is 12.7. The molecule has 1 amide bonds. The van der Waals surface area contributed by atoms with Crippen LogP contribution in [0.5, 0.6) is 0 Å². The van der Waals surface area contributed by atoms with Crippen molar-refractivity contribution in [2.75, 3.05) is 25.4 Å². The number of carbonyl (C=O) groups is 1. The first-order valence-electron chi connectivity index (χ1n) is 9.30. The molecule has 2 aromatic heterocycles. The van der Waals surface area contributed by atoms with E-state index >= 15 is 0 Å². The minimum absolute atomic E-state index is 0.0388. The number of amides is 1. The van der Waals surface area contributed by atoms with Crippen LogP contribution in [0.3, 0.4) is 0 Å². The molecule has 0 bridgehead atoms. The molecule has 1 atom stereocenters. The Morgan fingerprint density at radius 2 is 2.03 bits per heavy atom. The Kier molecular flexibility index (Phi) is 5.91. The van der Waals surface area contributed by atoms with Gasteiger partial charge in [-0.3, -0.25) is 9.78 Å². The van der Waals surface area contributed by atoms with Crippen molar-refractivity contribution in [2.24, 2.45) is 0 Å². The summed E-state index contributed by atoms with van der Waals surface area (Å²) in [4.78, 5) is 19.8.